The van der Waals surface area contributed by atoms with Gasteiger partial charge < -0.3 is 10.1 Å². The number of nitro benzene ring substituents is 1. The van der Waals surface area contributed by atoms with E-state index in [0.717, 1.165) is 11.1 Å². The van der Waals surface area contributed by atoms with E-state index in [-0.39, 0.29) is 17.3 Å². The number of carbonyl (C=O) groups excluding carboxylic acids is 1. The van der Waals surface area contributed by atoms with E-state index < -0.39 is 4.92 Å². The first kappa shape index (κ1) is 19.2. The molecule has 0 aliphatic rings. The topological polar surface area (TPSA) is 99.3 Å². The average molecular weight is 380 g/mol. The standard InChI is InChI=1S/C20H20N4O4/c1-2-28-14-16-6-4-3-5-15(16)13-21-20(25)19-11-12-23(22-19)17-7-9-18(10-8-17)24(26)27/h3-12H,2,13-14H2,1H3,(H,21,25). The zero-order valence-electron chi connectivity index (χ0n) is 15.4. The SMILES string of the molecule is CCOCc1ccccc1CNC(=O)c1ccn(-c2ccc([N+](=O)[O-])cc2)n1. The molecule has 0 saturated carbocycles. The number of carbonyl (C=O) groups is 1. The Morgan fingerprint density at radius 2 is 1.86 bits per heavy atom. The summed E-state index contributed by atoms with van der Waals surface area (Å²) in [5.74, 6) is -0.299. The maximum absolute atomic E-state index is 12.4. The van der Waals surface area contributed by atoms with E-state index in [9.17, 15) is 14.9 Å². The van der Waals surface area contributed by atoms with E-state index in [1.165, 1.54) is 16.8 Å². The fourth-order valence-electron chi connectivity index (χ4n) is 2.66. The minimum atomic E-state index is -0.463. The van der Waals surface area contributed by atoms with E-state index in [0.29, 0.717) is 25.4 Å². The number of amides is 1. The molecule has 0 spiro atoms. The van der Waals surface area contributed by atoms with Crippen LogP contribution in [0.1, 0.15) is 28.5 Å². The monoisotopic (exact) mass is 380 g/mol. The number of nitrogens with one attached hydrogen (secondary N) is 1. The first-order chi connectivity index (χ1) is 13.6. The maximum atomic E-state index is 12.4. The fourth-order valence-corrected chi connectivity index (χ4v) is 2.66. The van der Waals surface area contributed by atoms with Crippen molar-refractivity contribution in [1.82, 2.24) is 15.1 Å². The van der Waals surface area contributed by atoms with Gasteiger partial charge in [-0.1, -0.05) is 24.3 Å². The minimum absolute atomic E-state index is 0.000379. The Hall–Kier alpha value is -3.52. The van der Waals surface area contributed by atoms with Crippen molar-refractivity contribution in [2.24, 2.45) is 0 Å². The molecule has 0 fully saturated rings. The molecular formula is C20H20N4O4. The van der Waals surface area contributed by atoms with Gasteiger partial charge in [0.25, 0.3) is 11.6 Å². The number of hydrogen-bond acceptors (Lipinski definition) is 5. The first-order valence-electron chi connectivity index (χ1n) is 8.81. The molecule has 1 aromatic heterocycles. The van der Waals surface area contributed by atoms with Gasteiger partial charge in [0.15, 0.2) is 5.69 Å². The van der Waals surface area contributed by atoms with Crippen LogP contribution in [-0.2, 0) is 17.9 Å². The van der Waals surface area contributed by atoms with Gasteiger partial charge in [0.2, 0.25) is 0 Å². The highest BCUT2D eigenvalue weighted by Crippen LogP contribution is 2.15. The van der Waals surface area contributed by atoms with Crippen LogP contribution in [-0.4, -0.2) is 27.2 Å². The predicted octanol–water partition coefficient (Wildman–Crippen LogP) is 3.25. The molecule has 0 aliphatic heterocycles. The Morgan fingerprint density at radius 1 is 1.14 bits per heavy atom. The van der Waals surface area contributed by atoms with Gasteiger partial charge in [0.1, 0.15) is 0 Å². The second kappa shape index (κ2) is 8.92. The summed E-state index contributed by atoms with van der Waals surface area (Å²) in [6.07, 6.45) is 1.64. The summed E-state index contributed by atoms with van der Waals surface area (Å²) in [5, 5.41) is 17.8. The molecule has 0 aliphatic carbocycles. The van der Waals surface area contributed by atoms with Crippen molar-refractivity contribution >= 4 is 11.6 Å². The molecule has 8 heteroatoms. The molecule has 8 nitrogen and oxygen atoms in total. The van der Waals surface area contributed by atoms with Crippen molar-refractivity contribution in [2.75, 3.05) is 6.61 Å². The van der Waals surface area contributed by atoms with Crippen molar-refractivity contribution < 1.29 is 14.5 Å². The number of aromatic nitrogens is 2. The van der Waals surface area contributed by atoms with Gasteiger partial charge in [-0.05, 0) is 36.2 Å². The van der Waals surface area contributed by atoms with E-state index in [1.807, 2.05) is 31.2 Å². The van der Waals surface area contributed by atoms with Gasteiger partial charge in [0.05, 0.1) is 17.2 Å². The second-order valence-corrected chi connectivity index (χ2v) is 6.01. The van der Waals surface area contributed by atoms with Gasteiger partial charge in [-0.25, -0.2) is 4.68 Å². The number of benzene rings is 2. The van der Waals surface area contributed by atoms with Gasteiger partial charge in [-0.15, -0.1) is 0 Å². The number of non-ortho nitro benzene ring substituents is 1. The highest BCUT2D eigenvalue weighted by Gasteiger charge is 2.12. The lowest BCUT2D eigenvalue weighted by molar-refractivity contribution is -0.384. The highest BCUT2D eigenvalue weighted by molar-refractivity contribution is 5.92. The summed E-state index contributed by atoms with van der Waals surface area (Å²) < 4.78 is 6.96. The fraction of sp³-hybridized carbons (Fsp3) is 0.200. The average Bonchev–Trinajstić information content (AvgIpc) is 3.21. The number of ether oxygens (including phenoxy) is 1. The molecule has 28 heavy (non-hydrogen) atoms. The van der Waals surface area contributed by atoms with Crippen LogP contribution < -0.4 is 5.32 Å². The quantitative estimate of drug-likeness (QED) is 0.478. The van der Waals surface area contributed by atoms with E-state index >= 15 is 0 Å². The molecule has 0 atom stereocenters. The van der Waals surface area contributed by atoms with Crippen LogP contribution in [0.4, 0.5) is 5.69 Å². The minimum Gasteiger partial charge on any atom is -0.377 e. The lowest BCUT2D eigenvalue weighted by atomic mass is 10.1. The molecule has 2 aromatic carbocycles. The Bertz CT molecular complexity index is 966. The van der Waals surface area contributed by atoms with Crippen molar-refractivity contribution in [3.63, 3.8) is 0 Å². The summed E-state index contributed by atoms with van der Waals surface area (Å²) in [6.45, 7) is 3.43. The third-order valence-corrected chi connectivity index (χ3v) is 4.17. The summed E-state index contributed by atoms with van der Waals surface area (Å²) in [6, 6.07) is 15.3. The Balaban J connectivity index is 1.65. The summed E-state index contributed by atoms with van der Waals surface area (Å²) in [4.78, 5) is 22.7. The largest absolute Gasteiger partial charge is 0.377 e. The van der Waals surface area contributed by atoms with E-state index in [2.05, 4.69) is 10.4 Å². The van der Waals surface area contributed by atoms with Crippen LogP contribution in [0.15, 0.2) is 60.8 Å². The van der Waals surface area contributed by atoms with Crippen LogP contribution in [0.25, 0.3) is 5.69 Å². The normalized spacial score (nSPS) is 10.6. The molecule has 0 bridgehead atoms. The molecule has 0 radical (unpaired) electrons. The maximum Gasteiger partial charge on any atom is 0.272 e. The Labute approximate surface area is 161 Å². The molecule has 0 unspecified atom stereocenters. The Kier molecular flexibility index (Phi) is 6.13. The number of hydrogen-bond donors (Lipinski definition) is 1. The van der Waals surface area contributed by atoms with Crippen LogP contribution in [0.3, 0.4) is 0 Å². The van der Waals surface area contributed by atoms with Gasteiger partial charge in [-0.2, -0.15) is 5.10 Å². The zero-order valence-corrected chi connectivity index (χ0v) is 15.4. The van der Waals surface area contributed by atoms with E-state index in [4.69, 9.17) is 4.74 Å². The lowest BCUT2D eigenvalue weighted by Gasteiger charge is -2.10. The van der Waals surface area contributed by atoms with Crippen LogP contribution in [0, 0.1) is 10.1 Å². The molecule has 1 amide bonds. The van der Waals surface area contributed by atoms with Crippen molar-refractivity contribution in [3.05, 3.63) is 87.7 Å². The molecule has 0 saturated heterocycles. The third kappa shape index (κ3) is 4.60. The van der Waals surface area contributed by atoms with Gasteiger partial charge >= 0.3 is 0 Å². The van der Waals surface area contributed by atoms with Gasteiger partial charge in [0, 0.05) is 31.5 Å². The first-order valence-corrected chi connectivity index (χ1v) is 8.81. The lowest BCUT2D eigenvalue weighted by Crippen LogP contribution is -2.24. The molecule has 144 valence electrons. The molecule has 1 N–H and O–H groups in total. The molecule has 3 aromatic rings. The third-order valence-electron chi connectivity index (χ3n) is 4.17. The summed E-state index contributed by atoms with van der Waals surface area (Å²) in [5.41, 5.74) is 2.91. The highest BCUT2D eigenvalue weighted by atomic mass is 16.6. The number of rotatable bonds is 8. The predicted molar refractivity (Wildman–Crippen MR) is 103 cm³/mol. The zero-order chi connectivity index (χ0) is 19.9. The molecular weight excluding hydrogens is 360 g/mol. The van der Waals surface area contributed by atoms with Crippen LogP contribution in [0.5, 0.6) is 0 Å². The van der Waals surface area contributed by atoms with Gasteiger partial charge in [-0.3, -0.25) is 14.9 Å². The Morgan fingerprint density at radius 3 is 2.54 bits per heavy atom. The van der Waals surface area contributed by atoms with Crippen molar-refractivity contribution in [3.8, 4) is 5.69 Å². The van der Waals surface area contributed by atoms with Crippen molar-refractivity contribution in [2.45, 2.75) is 20.1 Å². The second-order valence-electron chi connectivity index (χ2n) is 6.01. The smallest absolute Gasteiger partial charge is 0.272 e. The number of nitro groups is 1. The van der Waals surface area contributed by atoms with E-state index in [1.54, 1.807) is 24.4 Å². The molecule has 3 rings (SSSR count). The summed E-state index contributed by atoms with van der Waals surface area (Å²) in [7, 11) is 0. The summed E-state index contributed by atoms with van der Waals surface area (Å²) >= 11 is 0. The van der Waals surface area contributed by atoms with Crippen molar-refractivity contribution in [1.29, 1.82) is 0 Å². The molecule has 1 heterocycles. The number of nitrogens with zero attached hydrogens (tertiary/aromatic N) is 3. The van der Waals surface area contributed by atoms with Crippen LogP contribution >= 0.6 is 0 Å². The van der Waals surface area contributed by atoms with Crippen LogP contribution in [0.2, 0.25) is 0 Å².